The van der Waals surface area contributed by atoms with E-state index >= 15 is 0 Å². The summed E-state index contributed by atoms with van der Waals surface area (Å²) in [4.78, 5) is 42.5. The van der Waals surface area contributed by atoms with Crippen molar-refractivity contribution in [1.82, 2.24) is 4.90 Å². The highest BCUT2D eigenvalue weighted by molar-refractivity contribution is 6.44. The number of quaternary nitrogens is 1. The molecule has 1 aliphatic rings. The number of amides is 1. The average molecular weight is 454 g/mol. The zero-order valence-corrected chi connectivity index (χ0v) is 20.0. The first kappa shape index (κ1) is 24.5. The molecule has 1 saturated heterocycles. The Morgan fingerprint density at radius 2 is 1.79 bits per heavy atom. The number of hydrogen-bond acceptors (Lipinski definition) is 5. The van der Waals surface area contributed by atoms with E-state index in [4.69, 9.17) is 9.47 Å². The third-order valence-electron chi connectivity index (χ3n) is 5.98. The smallest absolute Gasteiger partial charge is 0.291 e. The third kappa shape index (κ3) is 5.25. The number of aryl methyl sites for hydroxylation is 1. The van der Waals surface area contributed by atoms with E-state index in [0.29, 0.717) is 30.2 Å². The number of nitrogens with one attached hydrogen (secondary N) is 1. The number of nitrogens with zero attached hydrogens (tertiary/aromatic N) is 1. The number of ether oxygens (including phenoxy) is 2. The van der Waals surface area contributed by atoms with Crippen molar-refractivity contribution in [2.24, 2.45) is 5.92 Å². The minimum absolute atomic E-state index is 0.348. The lowest BCUT2D eigenvalue weighted by Gasteiger charge is -2.27. The first-order valence-corrected chi connectivity index (χ1v) is 11.3. The van der Waals surface area contributed by atoms with Gasteiger partial charge in [-0.2, -0.15) is 0 Å². The molecule has 1 heterocycles. The van der Waals surface area contributed by atoms with Crippen molar-refractivity contribution in [3.8, 4) is 11.5 Å². The van der Waals surface area contributed by atoms with Gasteiger partial charge in [0.2, 0.25) is 5.78 Å². The molecular formula is C26H33N2O5+. The van der Waals surface area contributed by atoms with Gasteiger partial charge in [-0.1, -0.05) is 12.1 Å². The molecule has 2 aromatic carbocycles. The highest BCUT2D eigenvalue weighted by atomic mass is 16.5. The average Bonchev–Trinajstić information content (AvgIpc) is 3.04. The molecule has 0 bridgehead atoms. The quantitative estimate of drug-likeness (QED) is 0.338. The Balaban J connectivity index is 1.99. The zero-order chi connectivity index (χ0) is 24.1. The van der Waals surface area contributed by atoms with Gasteiger partial charge in [-0.25, -0.2) is 0 Å². The normalized spacial score (nSPS) is 18.2. The fourth-order valence-electron chi connectivity index (χ4n) is 4.34. The molecule has 33 heavy (non-hydrogen) atoms. The molecule has 7 heteroatoms. The van der Waals surface area contributed by atoms with Gasteiger partial charge >= 0.3 is 0 Å². The number of carbonyl (C=O) groups is 3. The molecule has 1 aliphatic heterocycles. The maximum absolute atomic E-state index is 13.6. The van der Waals surface area contributed by atoms with Crippen molar-refractivity contribution in [2.75, 3.05) is 40.9 Å². The minimum atomic E-state index is -1.09. The van der Waals surface area contributed by atoms with Crippen LogP contribution in [-0.4, -0.2) is 63.3 Å². The Morgan fingerprint density at radius 1 is 1.09 bits per heavy atom. The predicted molar refractivity (Wildman–Crippen MR) is 125 cm³/mol. The SMILES string of the molecule is CCOc1ccc(C2C(C(=O)c3ccc(OC)c(C)c3)C(=O)C(=O)N2CCC[NH+](C)C)cc1. The molecular weight excluding hydrogens is 420 g/mol. The molecule has 3 rings (SSSR count). The number of rotatable bonds is 10. The zero-order valence-electron chi connectivity index (χ0n) is 20.0. The van der Waals surface area contributed by atoms with E-state index in [1.165, 1.54) is 4.90 Å². The van der Waals surface area contributed by atoms with E-state index in [-0.39, 0.29) is 5.78 Å². The number of ketones is 2. The molecule has 2 aromatic rings. The van der Waals surface area contributed by atoms with Crippen LogP contribution in [0.5, 0.6) is 11.5 Å². The summed E-state index contributed by atoms with van der Waals surface area (Å²) in [6, 6.07) is 11.7. The molecule has 2 unspecified atom stereocenters. The number of methoxy groups -OCH3 is 1. The van der Waals surface area contributed by atoms with Gasteiger partial charge < -0.3 is 19.3 Å². The van der Waals surface area contributed by atoms with Gasteiger partial charge in [0.25, 0.3) is 5.91 Å². The number of benzene rings is 2. The Hall–Kier alpha value is -3.19. The van der Waals surface area contributed by atoms with Gasteiger partial charge in [-0.05, 0) is 55.3 Å². The van der Waals surface area contributed by atoms with Crippen LogP contribution in [0.4, 0.5) is 0 Å². The van der Waals surface area contributed by atoms with Crippen LogP contribution in [0.15, 0.2) is 42.5 Å². The van der Waals surface area contributed by atoms with E-state index in [0.717, 1.165) is 24.1 Å². The summed E-state index contributed by atoms with van der Waals surface area (Å²) in [5, 5.41) is 0. The third-order valence-corrected chi connectivity index (χ3v) is 5.98. The molecule has 1 N–H and O–H groups in total. The van der Waals surface area contributed by atoms with Crippen molar-refractivity contribution in [3.05, 3.63) is 59.2 Å². The fourth-order valence-corrected chi connectivity index (χ4v) is 4.34. The fraction of sp³-hybridized carbons (Fsp3) is 0.423. The molecule has 0 aliphatic carbocycles. The number of likely N-dealkylation sites (tertiary alicyclic amines) is 1. The molecule has 0 radical (unpaired) electrons. The second kappa shape index (κ2) is 10.6. The van der Waals surface area contributed by atoms with Crippen LogP contribution in [-0.2, 0) is 9.59 Å². The van der Waals surface area contributed by atoms with Crippen LogP contribution < -0.4 is 14.4 Å². The van der Waals surface area contributed by atoms with Gasteiger partial charge in [0.15, 0.2) is 5.78 Å². The standard InChI is InChI=1S/C26H32N2O5/c1-6-33-20-11-8-18(9-12-20)23-22(24(29)19-10-13-21(32-5)17(2)16-19)25(30)26(31)28(23)15-7-14-27(3)4/h8-13,16,22-23H,6-7,14-15H2,1-5H3/p+1. The van der Waals surface area contributed by atoms with Crippen LogP contribution in [0.2, 0.25) is 0 Å². The van der Waals surface area contributed by atoms with E-state index < -0.39 is 23.7 Å². The van der Waals surface area contributed by atoms with Gasteiger partial charge in [0, 0.05) is 18.5 Å². The summed E-state index contributed by atoms with van der Waals surface area (Å²) in [6.07, 6.45) is 0.734. The summed E-state index contributed by atoms with van der Waals surface area (Å²) < 4.78 is 10.8. The lowest BCUT2D eigenvalue weighted by molar-refractivity contribution is -0.858. The lowest BCUT2D eigenvalue weighted by Crippen LogP contribution is -3.05. The second-order valence-corrected chi connectivity index (χ2v) is 8.65. The van der Waals surface area contributed by atoms with Gasteiger partial charge in [0.05, 0.1) is 40.4 Å². The van der Waals surface area contributed by atoms with Gasteiger partial charge in [-0.3, -0.25) is 14.4 Å². The van der Waals surface area contributed by atoms with E-state index in [1.54, 1.807) is 30.2 Å². The topological polar surface area (TPSA) is 77.3 Å². The highest BCUT2D eigenvalue weighted by Gasteiger charge is 2.51. The summed E-state index contributed by atoms with van der Waals surface area (Å²) in [5.74, 6) is -1.31. The summed E-state index contributed by atoms with van der Waals surface area (Å²) in [7, 11) is 5.65. The minimum Gasteiger partial charge on any atom is -0.496 e. The van der Waals surface area contributed by atoms with Crippen molar-refractivity contribution in [3.63, 3.8) is 0 Å². The molecule has 1 fully saturated rings. The maximum Gasteiger partial charge on any atom is 0.291 e. The number of carbonyl (C=O) groups excluding carboxylic acids is 3. The summed E-state index contributed by atoms with van der Waals surface area (Å²) in [5.41, 5.74) is 1.94. The van der Waals surface area contributed by atoms with Gasteiger partial charge in [-0.15, -0.1) is 0 Å². The van der Waals surface area contributed by atoms with Crippen LogP contribution in [0.1, 0.15) is 40.9 Å². The second-order valence-electron chi connectivity index (χ2n) is 8.65. The van der Waals surface area contributed by atoms with Crippen LogP contribution in [0.25, 0.3) is 0 Å². The largest absolute Gasteiger partial charge is 0.496 e. The van der Waals surface area contributed by atoms with Crippen LogP contribution in [0, 0.1) is 12.8 Å². The van der Waals surface area contributed by atoms with Crippen LogP contribution in [0.3, 0.4) is 0 Å². The van der Waals surface area contributed by atoms with E-state index in [2.05, 4.69) is 0 Å². The Morgan fingerprint density at radius 3 is 2.36 bits per heavy atom. The van der Waals surface area contributed by atoms with E-state index in [9.17, 15) is 14.4 Å². The lowest BCUT2D eigenvalue weighted by atomic mass is 9.86. The highest BCUT2D eigenvalue weighted by Crippen LogP contribution is 2.39. The molecule has 0 aromatic heterocycles. The molecule has 176 valence electrons. The van der Waals surface area contributed by atoms with Crippen LogP contribution >= 0.6 is 0 Å². The Labute approximate surface area is 195 Å². The van der Waals surface area contributed by atoms with Crippen molar-refractivity contribution in [1.29, 1.82) is 0 Å². The predicted octanol–water partition coefficient (Wildman–Crippen LogP) is 1.89. The maximum atomic E-state index is 13.6. The Bertz CT molecular complexity index is 1020. The van der Waals surface area contributed by atoms with E-state index in [1.807, 2.05) is 52.2 Å². The number of Topliss-reactive ketones (excluding diaryl/α,β-unsaturated/α-hetero) is 2. The summed E-state index contributed by atoms with van der Waals surface area (Å²) >= 11 is 0. The molecule has 0 spiro atoms. The van der Waals surface area contributed by atoms with Crippen molar-refractivity contribution >= 4 is 17.5 Å². The first-order chi connectivity index (χ1) is 15.8. The van der Waals surface area contributed by atoms with Gasteiger partial charge in [0.1, 0.15) is 17.4 Å². The van der Waals surface area contributed by atoms with Crippen molar-refractivity contribution < 1.29 is 28.8 Å². The molecule has 0 saturated carbocycles. The first-order valence-electron chi connectivity index (χ1n) is 11.3. The Kier molecular flexibility index (Phi) is 7.87. The molecule has 2 atom stereocenters. The molecule has 7 nitrogen and oxygen atoms in total. The monoisotopic (exact) mass is 453 g/mol. The van der Waals surface area contributed by atoms with Crippen molar-refractivity contribution in [2.45, 2.75) is 26.3 Å². The number of hydrogen-bond donors (Lipinski definition) is 1. The summed E-state index contributed by atoms with van der Waals surface area (Å²) in [6.45, 7) is 5.55. The molecule has 1 amide bonds.